The third-order valence-electron chi connectivity index (χ3n) is 5.35. The standard InChI is InChI=1S/C20H18FN5O3/c1-19-11-28-18(23)26-20(19,6-7-29-19)14-8-13(3-4-15(14)21)25-17(27)16-5-2-12(9-22)10-24-16/h2-5,8,10H,6-7,11H2,1H3,(H2,23,26)(H,25,27). The van der Waals surface area contributed by atoms with E-state index in [9.17, 15) is 9.18 Å². The minimum absolute atomic E-state index is 0.0244. The number of aliphatic imine (C=N–C) groups is 1. The molecule has 3 N–H and O–H groups in total. The number of nitrogens with zero attached hydrogens (tertiary/aromatic N) is 3. The van der Waals surface area contributed by atoms with Gasteiger partial charge in [0.2, 0.25) is 0 Å². The Bertz CT molecular complexity index is 1050. The first-order valence-corrected chi connectivity index (χ1v) is 8.96. The number of aromatic nitrogens is 1. The molecule has 2 aliphatic rings. The fourth-order valence-corrected chi connectivity index (χ4v) is 3.76. The number of anilines is 1. The molecular formula is C20H18FN5O3. The van der Waals surface area contributed by atoms with E-state index >= 15 is 0 Å². The van der Waals surface area contributed by atoms with Crippen LogP contribution in [0.25, 0.3) is 0 Å². The van der Waals surface area contributed by atoms with Crippen molar-refractivity contribution in [1.29, 1.82) is 5.26 Å². The molecule has 1 amide bonds. The molecule has 1 fully saturated rings. The van der Waals surface area contributed by atoms with Crippen LogP contribution in [0.4, 0.5) is 10.1 Å². The molecular weight excluding hydrogens is 377 g/mol. The number of carbonyl (C=O) groups is 1. The maximum atomic E-state index is 14.9. The predicted molar refractivity (Wildman–Crippen MR) is 102 cm³/mol. The van der Waals surface area contributed by atoms with Gasteiger partial charge in [-0.2, -0.15) is 5.26 Å². The van der Waals surface area contributed by atoms with Gasteiger partial charge in [0.1, 0.15) is 35.3 Å². The Morgan fingerprint density at radius 2 is 2.21 bits per heavy atom. The van der Waals surface area contributed by atoms with Crippen LogP contribution in [0.2, 0.25) is 0 Å². The molecule has 2 unspecified atom stereocenters. The van der Waals surface area contributed by atoms with E-state index in [4.69, 9.17) is 20.5 Å². The lowest BCUT2D eigenvalue weighted by molar-refractivity contribution is -0.0654. The van der Waals surface area contributed by atoms with Gasteiger partial charge in [0.05, 0.1) is 12.2 Å². The van der Waals surface area contributed by atoms with E-state index in [0.29, 0.717) is 24.3 Å². The van der Waals surface area contributed by atoms with Gasteiger partial charge in [0, 0.05) is 23.9 Å². The molecule has 1 aromatic heterocycles. The smallest absolute Gasteiger partial charge is 0.283 e. The first kappa shape index (κ1) is 18.8. The van der Waals surface area contributed by atoms with Crippen molar-refractivity contribution in [2.24, 2.45) is 10.7 Å². The highest BCUT2D eigenvalue weighted by atomic mass is 19.1. The molecule has 8 nitrogen and oxygen atoms in total. The SMILES string of the molecule is CC12COC(N)=NC1(c1cc(NC(=O)c3ccc(C#N)cn3)ccc1F)CCO2. The molecule has 3 heterocycles. The summed E-state index contributed by atoms with van der Waals surface area (Å²) in [6.07, 6.45) is 1.74. The summed E-state index contributed by atoms with van der Waals surface area (Å²) in [4.78, 5) is 20.9. The zero-order valence-electron chi connectivity index (χ0n) is 15.6. The predicted octanol–water partition coefficient (Wildman–Crippen LogP) is 2.06. The molecule has 1 saturated heterocycles. The van der Waals surface area contributed by atoms with Gasteiger partial charge in [-0.15, -0.1) is 0 Å². The number of amidine groups is 1. The number of ether oxygens (including phenoxy) is 2. The Kier molecular flexibility index (Phi) is 4.43. The van der Waals surface area contributed by atoms with Gasteiger partial charge in [-0.25, -0.2) is 14.4 Å². The molecule has 0 saturated carbocycles. The van der Waals surface area contributed by atoms with Crippen molar-refractivity contribution in [3.05, 3.63) is 59.2 Å². The number of nitriles is 1. The lowest BCUT2D eigenvalue weighted by Gasteiger charge is -2.42. The molecule has 0 aliphatic carbocycles. The Hall–Kier alpha value is -3.51. The van der Waals surface area contributed by atoms with E-state index in [1.807, 2.05) is 6.07 Å². The Labute approximate surface area is 166 Å². The summed E-state index contributed by atoms with van der Waals surface area (Å²) >= 11 is 0. The maximum Gasteiger partial charge on any atom is 0.283 e. The highest BCUT2D eigenvalue weighted by Crippen LogP contribution is 2.50. The Morgan fingerprint density at radius 3 is 2.93 bits per heavy atom. The van der Waals surface area contributed by atoms with Crippen molar-refractivity contribution in [3.63, 3.8) is 0 Å². The molecule has 29 heavy (non-hydrogen) atoms. The summed E-state index contributed by atoms with van der Waals surface area (Å²) in [6, 6.07) is 9.12. The summed E-state index contributed by atoms with van der Waals surface area (Å²) in [5, 5.41) is 11.5. The molecule has 2 aromatic rings. The van der Waals surface area contributed by atoms with Gasteiger partial charge in [0.25, 0.3) is 11.9 Å². The molecule has 4 rings (SSSR count). The summed E-state index contributed by atoms with van der Waals surface area (Å²) < 4.78 is 26.0. The van der Waals surface area contributed by atoms with E-state index in [1.54, 1.807) is 6.92 Å². The maximum absolute atomic E-state index is 14.9. The second-order valence-corrected chi connectivity index (χ2v) is 7.12. The molecule has 0 radical (unpaired) electrons. The second kappa shape index (κ2) is 6.83. The Morgan fingerprint density at radius 1 is 1.38 bits per heavy atom. The summed E-state index contributed by atoms with van der Waals surface area (Å²) in [5.41, 5.74) is 4.99. The highest BCUT2D eigenvalue weighted by molar-refractivity contribution is 6.02. The number of rotatable bonds is 3. The zero-order valence-corrected chi connectivity index (χ0v) is 15.6. The van der Waals surface area contributed by atoms with Crippen molar-refractivity contribution < 1.29 is 18.7 Å². The van der Waals surface area contributed by atoms with E-state index in [-0.39, 0.29) is 23.9 Å². The normalized spacial score (nSPS) is 25.3. The van der Waals surface area contributed by atoms with Crippen LogP contribution in [0.3, 0.4) is 0 Å². The molecule has 2 atom stereocenters. The number of nitrogens with two attached hydrogens (primary N) is 1. The topological polar surface area (TPSA) is 123 Å². The van der Waals surface area contributed by atoms with Crippen molar-refractivity contribution >= 4 is 17.6 Å². The first-order chi connectivity index (χ1) is 13.9. The zero-order chi connectivity index (χ0) is 20.6. The van der Waals surface area contributed by atoms with Crippen molar-refractivity contribution in [3.8, 4) is 6.07 Å². The minimum atomic E-state index is -1.05. The van der Waals surface area contributed by atoms with Gasteiger partial charge in [-0.1, -0.05) is 0 Å². The van der Waals surface area contributed by atoms with Crippen LogP contribution < -0.4 is 11.1 Å². The fourth-order valence-electron chi connectivity index (χ4n) is 3.76. The largest absolute Gasteiger partial charge is 0.462 e. The monoisotopic (exact) mass is 395 g/mol. The number of carbonyl (C=O) groups excluding carboxylic acids is 1. The van der Waals surface area contributed by atoms with Gasteiger partial charge in [-0.05, 0) is 37.3 Å². The summed E-state index contributed by atoms with van der Waals surface area (Å²) in [7, 11) is 0. The number of hydrogen-bond donors (Lipinski definition) is 2. The van der Waals surface area contributed by atoms with Crippen LogP contribution in [-0.2, 0) is 15.0 Å². The third kappa shape index (κ3) is 3.07. The van der Waals surface area contributed by atoms with Crippen LogP contribution in [0.5, 0.6) is 0 Å². The van der Waals surface area contributed by atoms with Gasteiger partial charge in [0.15, 0.2) is 0 Å². The van der Waals surface area contributed by atoms with Crippen molar-refractivity contribution in [2.45, 2.75) is 24.5 Å². The number of fused-ring (bicyclic) bond motifs is 1. The summed E-state index contributed by atoms with van der Waals surface area (Å²) in [5.74, 6) is -0.959. The van der Waals surface area contributed by atoms with Gasteiger partial charge >= 0.3 is 0 Å². The molecule has 1 aromatic carbocycles. The van der Waals surface area contributed by atoms with Crippen LogP contribution in [0.1, 0.15) is 35.0 Å². The second-order valence-electron chi connectivity index (χ2n) is 7.12. The van der Waals surface area contributed by atoms with Crippen LogP contribution in [0.15, 0.2) is 41.5 Å². The van der Waals surface area contributed by atoms with E-state index in [1.165, 1.54) is 36.5 Å². The molecule has 0 bridgehead atoms. The van der Waals surface area contributed by atoms with E-state index < -0.39 is 22.9 Å². The number of benzene rings is 1. The van der Waals surface area contributed by atoms with Gasteiger partial charge < -0.3 is 20.5 Å². The first-order valence-electron chi connectivity index (χ1n) is 8.96. The number of hydrogen-bond acceptors (Lipinski definition) is 7. The molecule has 0 spiro atoms. The van der Waals surface area contributed by atoms with Crippen LogP contribution in [0, 0.1) is 17.1 Å². The highest BCUT2D eigenvalue weighted by Gasteiger charge is 2.58. The molecule has 2 aliphatic heterocycles. The van der Waals surface area contributed by atoms with E-state index in [0.717, 1.165) is 0 Å². The van der Waals surface area contributed by atoms with E-state index in [2.05, 4.69) is 15.3 Å². The number of halogens is 1. The molecule has 148 valence electrons. The lowest BCUT2D eigenvalue weighted by Crippen LogP contribution is -2.54. The fraction of sp³-hybridized carbons (Fsp3) is 0.300. The number of nitrogens with one attached hydrogen (secondary N) is 1. The average molecular weight is 395 g/mol. The van der Waals surface area contributed by atoms with Crippen LogP contribution >= 0.6 is 0 Å². The quantitative estimate of drug-likeness (QED) is 0.820. The minimum Gasteiger partial charge on any atom is -0.462 e. The van der Waals surface area contributed by atoms with Crippen molar-refractivity contribution in [1.82, 2.24) is 4.98 Å². The summed E-state index contributed by atoms with van der Waals surface area (Å²) in [6.45, 7) is 2.33. The average Bonchev–Trinajstić information content (AvgIpc) is 3.06. The van der Waals surface area contributed by atoms with Gasteiger partial charge in [-0.3, -0.25) is 4.79 Å². The van der Waals surface area contributed by atoms with Crippen molar-refractivity contribution in [2.75, 3.05) is 18.5 Å². The number of pyridine rings is 1. The Balaban J connectivity index is 1.68. The third-order valence-corrected chi connectivity index (χ3v) is 5.35. The molecule has 9 heteroatoms. The van der Waals surface area contributed by atoms with Crippen LogP contribution in [-0.4, -0.2) is 35.7 Å². The lowest BCUT2D eigenvalue weighted by atomic mass is 9.75. The number of amides is 1.